The monoisotopic (exact) mass is 342 g/mol. The summed E-state index contributed by atoms with van der Waals surface area (Å²) in [6, 6.07) is 15.4. The summed E-state index contributed by atoms with van der Waals surface area (Å²) in [5, 5.41) is 10.7. The average Bonchev–Trinajstić information content (AvgIpc) is 2.38. The Kier molecular flexibility index (Phi) is 5.13. The van der Waals surface area contributed by atoms with Crippen LogP contribution in [-0.2, 0) is 0 Å². The molecule has 0 saturated carbocycles. The molecule has 0 saturated heterocycles. The molecule has 0 spiro atoms. The molecule has 1 N–H and O–H groups in total. The van der Waals surface area contributed by atoms with Gasteiger partial charge < -0.3 is 5.11 Å². The zero-order chi connectivity index (χ0) is 13.0. The van der Waals surface area contributed by atoms with Gasteiger partial charge in [0.2, 0.25) is 0 Å². The number of aliphatic hydroxyl groups is 1. The summed E-state index contributed by atoms with van der Waals surface area (Å²) in [5.74, 6) is 0.628. The number of halogens is 2. The molecule has 0 aliphatic rings. The van der Waals surface area contributed by atoms with Gasteiger partial charge in [-0.15, -0.1) is 11.8 Å². The summed E-state index contributed by atoms with van der Waals surface area (Å²) >= 11 is 10.8. The van der Waals surface area contributed by atoms with Crippen molar-refractivity contribution in [3.05, 3.63) is 63.6 Å². The van der Waals surface area contributed by atoms with Gasteiger partial charge in [0.25, 0.3) is 0 Å². The second-order valence-electron chi connectivity index (χ2n) is 3.83. The molecule has 0 bridgehead atoms. The molecule has 0 fully saturated rings. The minimum Gasteiger partial charge on any atom is -0.388 e. The maximum absolute atomic E-state index is 10.1. The van der Waals surface area contributed by atoms with E-state index in [-0.39, 0.29) is 0 Å². The van der Waals surface area contributed by atoms with E-state index in [0.717, 1.165) is 14.9 Å². The second kappa shape index (κ2) is 6.62. The topological polar surface area (TPSA) is 20.2 Å². The maximum Gasteiger partial charge on any atom is 0.0883 e. The van der Waals surface area contributed by atoms with Crippen molar-refractivity contribution in [1.29, 1.82) is 0 Å². The highest BCUT2D eigenvalue weighted by Gasteiger charge is 2.07. The third kappa shape index (κ3) is 4.02. The molecule has 2 aromatic rings. The first-order valence-electron chi connectivity index (χ1n) is 5.47. The molecular weight excluding hydrogens is 332 g/mol. The van der Waals surface area contributed by atoms with Crippen LogP contribution >= 0.6 is 39.3 Å². The number of hydrogen-bond acceptors (Lipinski definition) is 2. The lowest BCUT2D eigenvalue weighted by Gasteiger charge is -2.10. The van der Waals surface area contributed by atoms with E-state index < -0.39 is 6.10 Å². The first-order valence-corrected chi connectivity index (χ1v) is 7.63. The Hall–Kier alpha value is -0.480. The van der Waals surface area contributed by atoms with Gasteiger partial charge in [-0.05, 0) is 42.0 Å². The number of thioether (sulfide) groups is 1. The van der Waals surface area contributed by atoms with Gasteiger partial charge in [-0.25, -0.2) is 0 Å². The van der Waals surface area contributed by atoms with Crippen LogP contribution in [-0.4, -0.2) is 10.9 Å². The predicted molar refractivity (Wildman–Crippen MR) is 81.3 cm³/mol. The number of hydrogen-bond donors (Lipinski definition) is 1. The van der Waals surface area contributed by atoms with Gasteiger partial charge in [0.1, 0.15) is 0 Å². The van der Waals surface area contributed by atoms with E-state index in [1.165, 1.54) is 0 Å². The fourth-order valence-electron chi connectivity index (χ4n) is 1.49. The standard InChI is InChI=1S/C14H12BrClOS/c15-11-3-7-13(8-4-11)18-9-14(17)10-1-5-12(16)6-2-10/h1-8,14,17H,9H2. The lowest BCUT2D eigenvalue weighted by molar-refractivity contribution is 0.204. The summed E-state index contributed by atoms with van der Waals surface area (Å²) in [6.45, 7) is 0. The van der Waals surface area contributed by atoms with Crippen LogP contribution in [0.1, 0.15) is 11.7 Å². The molecular formula is C14H12BrClOS. The molecule has 0 radical (unpaired) electrons. The van der Waals surface area contributed by atoms with Crippen molar-refractivity contribution in [1.82, 2.24) is 0 Å². The summed E-state index contributed by atoms with van der Waals surface area (Å²) < 4.78 is 1.06. The third-order valence-electron chi connectivity index (χ3n) is 2.48. The molecule has 18 heavy (non-hydrogen) atoms. The van der Waals surface area contributed by atoms with Crippen molar-refractivity contribution < 1.29 is 5.11 Å². The first kappa shape index (κ1) is 13.9. The van der Waals surface area contributed by atoms with Crippen molar-refractivity contribution in [2.45, 2.75) is 11.0 Å². The highest BCUT2D eigenvalue weighted by atomic mass is 79.9. The average molecular weight is 344 g/mol. The van der Waals surface area contributed by atoms with Gasteiger partial charge in [-0.3, -0.25) is 0 Å². The molecule has 1 unspecified atom stereocenters. The van der Waals surface area contributed by atoms with Crippen LogP contribution in [0.5, 0.6) is 0 Å². The molecule has 2 aromatic carbocycles. The van der Waals surface area contributed by atoms with Gasteiger partial charge in [0.05, 0.1) is 6.10 Å². The van der Waals surface area contributed by atoms with Crippen molar-refractivity contribution >= 4 is 39.3 Å². The Morgan fingerprint density at radius 1 is 1.06 bits per heavy atom. The minimum atomic E-state index is -0.476. The number of aliphatic hydroxyl groups excluding tert-OH is 1. The Morgan fingerprint density at radius 3 is 2.28 bits per heavy atom. The molecule has 2 rings (SSSR count). The lowest BCUT2D eigenvalue weighted by atomic mass is 10.1. The zero-order valence-electron chi connectivity index (χ0n) is 9.51. The first-order chi connectivity index (χ1) is 8.65. The molecule has 0 aliphatic heterocycles. The van der Waals surface area contributed by atoms with Crippen molar-refractivity contribution in [2.24, 2.45) is 0 Å². The van der Waals surface area contributed by atoms with E-state index in [9.17, 15) is 5.11 Å². The van der Waals surface area contributed by atoms with E-state index in [4.69, 9.17) is 11.6 Å². The van der Waals surface area contributed by atoms with E-state index in [1.54, 1.807) is 23.9 Å². The van der Waals surface area contributed by atoms with E-state index in [1.807, 2.05) is 36.4 Å². The lowest BCUT2D eigenvalue weighted by Crippen LogP contribution is -1.99. The number of rotatable bonds is 4. The van der Waals surface area contributed by atoms with Gasteiger partial charge in [-0.2, -0.15) is 0 Å². The summed E-state index contributed by atoms with van der Waals surface area (Å²) in [6.07, 6.45) is -0.476. The zero-order valence-corrected chi connectivity index (χ0v) is 12.7. The molecule has 0 aromatic heterocycles. The van der Waals surface area contributed by atoms with Gasteiger partial charge in [0.15, 0.2) is 0 Å². The summed E-state index contributed by atoms with van der Waals surface area (Å²) in [7, 11) is 0. The summed E-state index contributed by atoms with van der Waals surface area (Å²) in [5.41, 5.74) is 0.893. The van der Waals surface area contributed by atoms with Crippen LogP contribution in [0.4, 0.5) is 0 Å². The van der Waals surface area contributed by atoms with E-state index >= 15 is 0 Å². The summed E-state index contributed by atoms with van der Waals surface area (Å²) in [4.78, 5) is 1.14. The van der Waals surface area contributed by atoms with E-state index in [2.05, 4.69) is 15.9 Å². The Balaban J connectivity index is 1.93. The van der Waals surface area contributed by atoms with Gasteiger partial charge in [-0.1, -0.05) is 39.7 Å². The molecule has 1 nitrogen and oxygen atoms in total. The van der Waals surface area contributed by atoms with Crippen LogP contribution in [0.3, 0.4) is 0 Å². The maximum atomic E-state index is 10.1. The SMILES string of the molecule is OC(CSc1ccc(Br)cc1)c1ccc(Cl)cc1. The quantitative estimate of drug-likeness (QED) is 0.794. The molecule has 4 heteroatoms. The largest absolute Gasteiger partial charge is 0.388 e. The smallest absolute Gasteiger partial charge is 0.0883 e. The molecule has 1 atom stereocenters. The minimum absolute atomic E-state index is 0.476. The molecule has 94 valence electrons. The van der Waals surface area contributed by atoms with Crippen molar-refractivity contribution in [2.75, 3.05) is 5.75 Å². The highest BCUT2D eigenvalue weighted by molar-refractivity contribution is 9.10. The predicted octanol–water partition coefficient (Wildman–Crippen LogP) is 4.93. The Labute approximate surface area is 124 Å². The van der Waals surface area contributed by atoms with Crippen LogP contribution in [0.25, 0.3) is 0 Å². The van der Waals surface area contributed by atoms with Crippen molar-refractivity contribution in [3.8, 4) is 0 Å². The van der Waals surface area contributed by atoms with Crippen LogP contribution in [0.2, 0.25) is 5.02 Å². The number of benzene rings is 2. The Morgan fingerprint density at radius 2 is 1.67 bits per heavy atom. The fraction of sp³-hybridized carbons (Fsp3) is 0.143. The van der Waals surface area contributed by atoms with Crippen LogP contribution in [0.15, 0.2) is 57.9 Å². The third-order valence-corrected chi connectivity index (χ3v) is 4.34. The van der Waals surface area contributed by atoms with E-state index in [0.29, 0.717) is 10.8 Å². The van der Waals surface area contributed by atoms with Crippen LogP contribution < -0.4 is 0 Å². The fourth-order valence-corrected chi connectivity index (χ4v) is 2.75. The van der Waals surface area contributed by atoms with Crippen molar-refractivity contribution in [3.63, 3.8) is 0 Å². The van der Waals surface area contributed by atoms with Gasteiger partial charge >= 0.3 is 0 Å². The van der Waals surface area contributed by atoms with Crippen LogP contribution in [0, 0.1) is 0 Å². The highest BCUT2D eigenvalue weighted by Crippen LogP contribution is 2.26. The van der Waals surface area contributed by atoms with Gasteiger partial charge in [0, 0.05) is 20.1 Å². The molecule has 0 aliphatic carbocycles. The molecule has 0 heterocycles. The molecule has 0 amide bonds. The second-order valence-corrected chi connectivity index (χ2v) is 6.28. The Bertz CT molecular complexity index is 498. The normalized spacial score (nSPS) is 12.4.